The Bertz CT molecular complexity index is 488. The lowest BCUT2D eigenvalue weighted by Crippen LogP contribution is -2.33. The lowest BCUT2D eigenvalue weighted by atomic mass is 10.0. The highest BCUT2D eigenvalue weighted by Crippen LogP contribution is 2.17. The summed E-state index contributed by atoms with van der Waals surface area (Å²) >= 11 is 3.28. The first kappa shape index (κ1) is 15.7. The highest BCUT2D eigenvalue weighted by molar-refractivity contribution is 9.10. The van der Waals surface area contributed by atoms with Crippen LogP contribution in [-0.2, 0) is 10.0 Å². The minimum Gasteiger partial charge on any atom is -0.208 e. The van der Waals surface area contributed by atoms with Gasteiger partial charge in [0.25, 0.3) is 0 Å². The van der Waals surface area contributed by atoms with Crippen molar-refractivity contribution < 1.29 is 8.42 Å². The number of rotatable bonds is 6. The SMILES string of the molecule is CCC(C)CC(C)NS(=O)(=O)c1cccc(Br)c1. The maximum absolute atomic E-state index is 12.1. The number of nitrogens with one attached hydrogen (secondary N) is 1. The van der Waals surface area contributed by atoms with Gasteiger partial charge >= 0.3 is 0 Å². The fourth-order valence-corrected chi connectivity index (χ4v) is 3.64. The van der Waals surface area contributed by atoms with Gasteiger partial charge in [0.2, 0.25) is 10.0 Å². The summed E-state index contributed by atoms with van der Waals surface area (Å²) < 4.78 is 27.7. The number of hydrogen-bond donors (Lipinski definition) is 1. The third-order valence-electron chi connectivity index (χ3n) is 2.92. The lowest BCUT2D eigenvalue weighted by Gasteiger charge is -2.17. The molecule has 0 aliphatic carbocycles. The van der Waals surface area contributed by atoms with E-state index in [0.717, 1.165) is 17.3 Å². The van der Waals surface area contributed by atoms with E-state index in [1.54, 1.807) is 18.2 Å². The molecule has 1 N–H and O–H groups in total. The Morgan fingerprint density at radius 2 is 2.00 bits per heavy atom. The summed E-state index contributed by atoms with van der Waals surface area (Å²) in [6, 6.07) is 6.69. The lowest BCUT2D eigenvalue weighted by molar-refractivity contribution is 0.445. The largest absolute Gasteiger partial charge is 0.240 e. The summed E-state index contributed by atoms with van der Waals surface area (Å²) in [4.78, 5) is 0.299. The molecule has 1 aromatic rings. The van der Waals surface area contributed by atoms with Gasteiger partial charge in [-0.1, -0.05) is 42.3 Å². The van der Waals surface area contributed by atoms with Crippen LogP contribution in [0.4, 0.5) is 0 Å². The molecule has 18 heavy (non-hydrogen) atoms. The molecule has 0 heterocycles. The average Bonchev–Trinajstić information content (AvgIpc) is 2.28. The average molecular weight is 334 g/mol. The van der Waals surface area contributed by atoms with Crippen LogP contribution in [0.5, 0.6) is 0 Å². The molecule has 0 spiro atoms. The third kappa shape index (κ3) is 4.71. The predicted molar refractivity (Wildman–Crippen MR) is 78.0 cm³/mol. The van der Waals surface area contributed by atoms with Crippen molar-refractivity contribution in [1.82, 2.24) is 4.72 Å². The fourth-order valence-electron chi connectivity index (χ4n) is 1.79. The van der Waals surface area contributed by atoms with Gasteiger partial charge in [0.1, 0.15) is 0 Å². The Kier molecular flexibility index (Phi) is 5.82. The van der Waals surface area contributed by atoms with Gasteiger partial charge < -0.3 is 0 Å². The van der Waals surface area contributed by atoms with E-state index < -0.39 is 10.0 Å². The molecule has 0 bridgehead atoms. The smallest absolute Gasteiger partial charge is 0.208 e. The van der Waals surface area contributed by atoms with Crippen molar-refractivity contribution in [2.75, 3.05) is 0 Å². The van der Waals surface area contributed by atoms with E-state index in [2.05, 4.69) is 34.5 Å². The molecular formula is C13H20BrNO2S. The molecule has 0 radical (unpaired) electrons. The summed E-state index contributed by atoms with van der Waals surface area (Å²) in [7, 11) is -3.42. The van der Waals surface area contributed by atoms with Crippen LogP contribution < -0.4 is 4.72 Å². The van der Waals surface area contributed by atoms with Crippen molar-refractivity contribution in [2.45, 2.75) is 44.6 Å². The minimum atomic E-state index is -3.42. The van der Waals surface area contributed by atoms with Gasteiger partial charge in [-0.15, -0.1) is 0 Å². The summed E-state index contributed by atoms with van der Waals surface area (Å²) in [6.07, 6.45) is 1.91. The zero-order valence-electron chi connectivity index (χ0n) is 11.0. The molecular weight excluding hydrogens is 314 g/mol. The van der Waals surface area contributed by atoms with Gasteiger partial charge in [0.05, 0.1) is 4.90 Å². The molecule has 0 fully saturated rings. The van der Waals surface area contributed by atoms with Crippen molar-refractivity contribution in [3.63, 3.8) is 0 Å². The molecule has 0 aliphatic rings. The van der Waals surface area contributed by atoms with Crippen molar-refractivity contribution in [2.24, 2.45) is 5.92 Å². The second kappa shape index (κ2) is 6.68. The molecule has 1 aromatic carbocycles. The van der Waals surface area contributed by atoms with Gasteiger partial charge in [0.15, 0.2) is 0 Å². The first-order chi connectivity index (χ1) is 8.35. The van der Waals surface area contributed by atoms with Crippen LogP contribution in [0.25, 0.3) is 0 Å². The molecule has 2 unspecified atom stereocenters. The second-order valence-corrected chi connectivity index (χ2v) is 7.36. The van der Waals surface area contributed by atoms with Crippen LogP contribution >= 0.6 is 15.9 Å². The highest BCUT2D eigenvalue weighted by Gasteiger charge is 2.18. The van der Waals surface area contributed by atoms with Gasteiger partial charge in [0, 0.05) is 10.5 Å². The molecule has 3 nitrogen and oxygen atoms in total. The standard InChI is InChI=1S/C13H20BrNO2S/c1-4-10(2)8-11(3)15-18(16,17)13-7-5-6-12(14)9-13/h5-7,9-11,15H,4,8H2,1-3H3. The van der Waals surface area contributed by atoms with Crippen molar-refractivity contribution >= 4 is 26.0 Å². The Labute approximate surface area is 118 Å². The molecule has 0 saturated carbocycles. The Morgan fingerprint density at radius 1 is 1.33 bits per heavy atom. The maximum Gasteiger partial charge on any atom is 0.240 e. The molecule has 102 valence electrons. The summed E-state index contributed by atoms with van der Waals surface area (Å²) in [5.41, 5.74) is 0. The van der Waals surface area contributed by atoms with Crippen LogP contribution in [0.15, 0.2) is 33.6 Å². The van der Waals surface area contributed by atoms with Gasteiger partial charge in [-0.2, -0.15) is 0 Å². The number of sulfonamides is 1. The van der Waals surface area contributed by atoms with Crippen LogP contribution in [0.2, 0.25) is 0 Å². The molecule has 1 rings (SSSR count). The van der Waals surface area contributed by atoms with Crippen LogP contribution in [0.3, 0.4) is 0 Å². The monoisotopic (exact) mass is 333 g/mol. The molecule has 5 heteroatoms. The number of benzene rings is 1. The van der Waals surface area contributed by atoms with Gasteiger partial charge in [-0.25, -0.2) is 13.1 Å². The van der Waals surface area contributed by atoms with Gasteiger partial charge in [-0.05, 0) is 37.5 Å². The number of halogens is 1. The fraction of sp³-hybridized carbons (Fsp3) is 0.538. The normalized spacial score (nSPS) is 15.3. The first-order valence-electron chi connectivity index (χ1n) is 6.13. The Hall–Kier alpha value is -0.390. The maximum atomic E-state index is 12.1. The summed E-state index contributed by atoms with van der Waals surface area (Å²) in [6.45, 7) is 6.14. The van der Waals surface area contributed by atoms with E-state index in [1.807, 2.05) is 13.0 Å². The zero-order chi connectivity index (χ0) is 13.8. The van der Waals surface area contributed by atoms with Crippen LogP contribution in [-0.4, -0.2) is 14.5 Å². The third-order valence-corrected chi connectivity index (χ3v) is 5.00. The van der Waals surface area contributed by atoms with Crippen LogP contribution in [0.1, 0.15) is 33.6 Å². The zero-order valence-corrected chi connectivity index (χ0v) is 13.4. The Morgan fingerprint density at radius 3 is 2.56 bits per heavy atom. The molecule has 0 aromatic heterocycles. The summed E-state index contributed by atoms with van der Waals surface area (Å²) in [5.74, 6) is 0.519. The predicted octanol–water partition coefficient (Wildman–Crippen LogP) is 3.55. The van der Waals surface area contributed by atoms with E-state index in [4.69, 9.17) is 0 Å². The second-order valence-electron chi connectivity index (χ2n) is 4.73. The molecule has 0 saturated heterocycles. The van der Waals surface area contributed by atoms with Crippen molar-refractivity contribution in [1.29, 1.82) is 0 Å². The van der Waals surface area contributed by atoms with E-state index >= 15 is 0 Å². The minimum absolute atomic E-state index is 0.0519. The van der Waals surface area contributed by atoms with Crippen molar-refractivity contribution in [3.05, 3.63) is 28.7 Å². The van der Waals surface area contributed by atoms with E-state index in [1.165, 1.54) is 0 Å². The first-order valence-corrected chi connectivity index (χ1v) is 8.40. The van der Waals surface area contributed by atoms with Crippen LogP contribution in [0, 0.1) is 5.92 Å². The molecule has 2 atom stereocenters. The Balaban J connectivity index is 2.76. The molecule has 0 amide bonds. The van der Waals surface area contributed by atoms with E-state index in [0.29, 0.717) is 10.8 Å². The number of hydrogen-bond acceptors (Lipinski definition) is 2. The quantitative estimate of drug-likeness (QED) is 0.865. The van der Waals surface area contributed by atoms with Gasteiger partial charge in [-0.3, -0.25) is 0 Å². The van der Waals surface area contributed by atoms with E-state index in [9.17, 15) is 8.42 Å². The molecule has 0 aliphatic heterocycles. The topological polar surface area (TPSA) is 46.2 Å². The highest BCUT2D eigenvalue weighted by atomic mass is 79.9. The summed E-state index contributed by atoms with van der Waals surface area (Å²) in [5, 5.41) is 0. The van der Waals surface area contributed by atoms with Crippen molar-refractivity contribution in [3.8, 4) is 0 Å². The van der Waals surface area contributed by atoms with E-state index in [-0.39, 0.29) is 6.04 Å².